The number of pyridine rings is 1. The molecule has 9 heteroatoms. The minimum Gasteiger partial charge on any atom is -0.339 e. The third-order valence-electron chi connectivity index (χ3n) is 6.04. The average Bonchev–Trinajstić information content (AvgIpc) is 3.58. The van der Waals surface area contributed by atoms with Gasteiger partial charge < -0.3 is 9.42 Å². The summed E-state index contributed by atoms with van der Waals surface area (Å²) in [4.78, 5) is 26.0. The number of carbonyl (C=O) groups is 1. The predicted octanol–water partition coefficient (Wildman–Crippen LogP) is 3.02. The number of hydrogen-bond acceptors (Lipinski definition) is 7. The fraction of sp³-hybridized carbons (Fsp3) is 0.320. The maximum absolute atomic E-state index is 12.9. The number of benzene rings is 1. The van der Waals surface area contributed by atoms with Crippen LogP contribution in [0.4, 0.5) is 0 Å². The molecule has 1 aliphatic rings. The molecular weight excluding hydrogens is 430 g/mol. The van der Waals surface area contributed by atoms with Crippen LogP contribution in [0.1, 0.15) is 28.2 Å². The van der Waals surface area contributed by atoms with Gasteiger partial charge >= 0.3 is 0 Å². The maximum atomic E-state index is 12.9. The third kappa shape index (κ3) is 5.04. The molecule has 4 heterocycles. The number of aryl methyl sites for hydroxylation is 2. The molecule has 0 unspecified atom stereocenters. The Morgan fingerprint density at radius 2 is 1.88 bits per heavy atom. The zero-order chi connectivity index (χ0) is 23.3. The highest BCUT2D eigenvalue weighted by atomic mass is 16.5. The highest BCUT2D eigenvalue weighted by Crippen LogP contribution is 2.17. The Kier molecular flexibility index (Phi) is 6.44. The first-order valence-electron chi connectivity index (χ1n) is 11.5. The Hall–Kier alpha value is -3.85. The number of piperazine rings is 1. The van der Waals surface area contributed by atoms with E-state index < -0.39 is 0 Å². The van der Waals surface area contributed by atoms with Gasteiger partial charge in [0.15, 0.2) is 5.82 Å². The molecule has 1 aromatic carbocycles. The second-order valence-corrected chi connectivity index (χ2v) is 8.47. The molecule has 174 valence electrons. The fourth-order valence-electron chi connectivity index (χ4n) is 4.04. The number of rotatable bonds is 7. The number of hydrogen-bond donors (Lipinski definition) is 0. The van der Waals surface area contributed by atoms with Crippen LogP contribution < -0.4 is 0 Å². The van der Waals surface area contributed by atoms with Crippen LogP contribution >= 0.6 is 0 Å². The molecule has 5 rings (SSSR count). The molecule has 0 radical (unpaired) electrons. The summed E-state index contributed by atoms with van der Waals surface area (Å²) in [6, 6.07) is 13.6. The van der Waals surface area contributed by atoms with Crippen LogP contribution in [-0.4, -0.2) is 73.3 Å². The Balaban J connectivity index is 1.07. The van der Waals surface area contributed by atoms with Gasteiger partial charge in [-0.15, -0.1) is 0 Å². The van der Waals surface area contributed by atoms with Crippen LogP contribution in [0.5, 0.6) is 0 Å². The maximum Gasteiger partial charge on any atom is 0.255 e. The quantitative estimate of drug-likeness (QED) is 0.421. The highest BCUT2D eigenvalue weighted by molar-refractivity contribution is 5.94. The smallest absolute Gasteiger partial charge is 0.255 e. The monoisotopic (exact) mass is 457 g/mol. The Labute approximate surface area is 198 Å². The minimum atomic E-state index is 0.0219. The molecule has 1 saturated heterocycles. The van der Waals surface area contributed by atoms with Gasteiger partial charge in [0.2, 0.25) is 11.7 Å². The van der Waals surface area contributed by atoms with E-state index >= 15 is 0 Å². The molecule has 0 N–H and O–H groups in total. The topological polar surface area (TPSA) is 93.2 Å². The Morgan fingerprint density at radius 1 is 1.06 bits per heavy atom. The molecule has 3 aromatic heterocycles. The van der Waals surface area contributed by atoms with Gasteiger partial charge in [-0.1, -0.05) is 35.0 Å². The fourth-order valence-corrected chi connectivity index (χ4v) is 4.04. The summed E-state index contributed by atoms with van der Waals surface area (Å²) in [5.74, 6) is 2.01. The molecule has 4 aromatic rings. The summed E-state index contributed by atoms with van der Waals surface area (Å²) < 4.78 is 7.10. The molecule has 0 aliphatic carbocycles. The van der Waals surface area contributed by atoms with E-state index in [2.05, 4.69) is 32.0 Å². The summed E-state index contributed by atoms with van der Waals surface area (Å²) in [7, 11) is 0. The average molecular weight is 458 g/mol. The largest absolute Gasteiger partial charge is 0.339 e. The van der Waals surface area contributed by atoms with E-state index in [0.29, 0.717) is 36.2 Å². The molecule has 0 bridgehead atoms. The lowest BCUT2D eigenvalue weighted by molar-refractivity contribution is 0.0635. The second kappa shape index (κ2) is 9.96. The van der Waals surface area contributed by atoms with Gasteiger partial charge in [-0.25, -0.2) is 9.67 Å². The van der Waals surface area contributed by atoms with E-state index in [1.54, 1.807) is 17.1 Å². The van der Waals surface area contributed by atoms with Crippen LogP contribution in [0.15, 0.2) is 65.6 Å². The van der Waals surface area contributed by atoms with Crippen molar-refractivity contribution in [2.24, 2.45) is 0 Å². The summed E-state index contributed by atoms with van der Waals surface area (Å²) in [5.41, 5.74) is 2.77. The highest BCUT2D eigenvalue weighted by Gasteiger charge is 2.22. The third-order valence-corrected chi connectivity index (χ3v) is 6.04. The van der Waals surface area contributed by atoms with Crippen molar-refractivity contribution in [1.29, 1.82) is 0 Å². The van der Waals surface area contributed by atoms with Crippen LogP contribution in [0, 0.1) is 6.92 Å². The van der Waals surface area contributed by atoms with Crippen molar-refractivity contribution in [3.05, 3.63) is 78.1 Å². The van der Waals surface area contributed by atoms with E-state index in [9.17, 15) is 4.79 Å². The lowest BCUT2D eigenvalue weighted by atomic mass is 10.1. The zero-order valence-electron chi connectivity index (χ0n) is 19.2. The van der Waals surface area contributed by atoms with E-state index in [0.717, 1.165) is 38.0 Å². The number of aromatic nitrogens is 5. The lowest BCUT2D eigenvalue weighted by Crippen LogP contribution is -2.48. The first-order valence-corrected chi connectivity index (χ1v) is 11.5. The summed E-state index contributed by atoms with van der Waals surface area (Å²) >= 11 is 0. The summed E-state index contributed by atoms with van der Waals surface area (Å²) in [6.07, 6.45) is 6.82. The summed E-state index contributed by atoms with van der Waals surface area (Å²) in [6.45, 7) is 6.10. The van der Waals surface area contributed by atoms with Gasteiger partial charge in [-0.3, -0.25) is 9.69 Å². The van der Waals surface area contributed by atoms with Gasteiger partial charge in [0.05, 0.1) is 5.56 Å². The van der Waals surface area contributed by atoms with Crippen molar-refractivity contribution in [3.63, 3.8) is 0 Å². The molecule has 1 fully saturated rings. The van der Waals surface area contributed by atoms with E-state index in [1.807, 2.05) is 53.6 Å². The molecule has 34 heavy (non-hydrogen) atoms. The number of carbonyl (C=O) groups excluding carboxylic acids is 1. The first-order chi connectivity index (χ1) is 16.7. The van der Waals surface area contributed by atoms with Crippen molar-refractivity contribution < 1.29 is 9.32 Å². The van der Waals surface area contributed by atoms with Gasteiger partial charge in [0.1, 0.15) is 0 Å². The van der Waals surface area contributed by atoms with Crippen LogP contribution in [0.25, 0.3) is 17.2 Å². The van der Waals surface area contributed by atoms with E-state index in [4.69, 9.17) is 4.52 Å². The van der Waals surface area contributed by atoms with E-state index in [-0.39, 0.29) is 5.91 Å². The Bertz CT molecular complexity index is 1210. The van der Waals surface area contributed by atoms with Crippen molar-refractivity contribution in [1.82, 2.24) is 34.7 Å². The molecule has 1 aliphatic heterocycles. The van der Waals surface area contributed by atoms with Gasteiger partial charge in [-0.05, 0) is 38.1 Å². The molecule has 0 atom stereocenters. The number of nitrogens with zero attached hydrogens (tertiary/aromatic N) is 7. The van der Waals surface area contributed by atoms with Crippen molar-refractivity contribution >= 4 is 5.91 Å². The molecular formula is C25H27N7O2. The first kappa shape index (κ1) is 22.0. The van der Waals surface area contributed by atoms with Crippen LogP contribution in [0.3, 0.4) is 0 Å². The van der Waals surface area contributed by atoms with Gasteiger partial charge in [0.25, 0.3) is 5.91 Å². The van der Waals surface area contributed by atoms with Crippen molar-refractivity contribution in [2.45, 2.75) is 19.8 Å². The van der Waals surface area contributed by atoms with Crippen molar-refractivity contribution in [3.8, 4) is 17.2 Å². The SMILES string of the molecule is Cc1ccc(-c2noc(CCCN3CCN(C(=O)c4ccc(-n5cccn5)nc4)CC3)n2)cc1. The van der Waals surface area contributed by atoms with Crippen LogP contribution in [0.2, 0.25) is 0 Å². The van der Waals surface area contributed by atoms with Crippen molar-refractivity contribution in [2.75, 3.05) is 32.7 Å². The second-order valence-electron chi connectivity index (χ2n) is 8.47. The van der Waals surface area contributed by atoms with E-state index in [1.165, 1.54) is 5.56 Å². The normalized spacial score (nSPS) is 14.4. The van der Waals surface area contributed by atoms with Gasteiger partial charge in [0, 0.05) is 56.8 Å². The molecule has 0 saturated carbocycles. The molecule has 0 spiro atoms. The predicted molar refractivity (Wildman–Crippen MR) is 126 cm³/mol. The lowest BCUT2D eigenvalue weighted by Gasteiger charge is -2.34. The van der Waals surface area contributed by atoms with Gasteiger partial charge in [-0.2, -0.15) is 10.1 Å². The molecule has 9 nitrogen and oxygen atoms in total. The zero-order valence-corrected chi connectivity index (χ0v) is 19.2. The Morgan fingerprint density at radius 3 is 2.59 bits per heavy atom. The minimum absolute atomic E-state index is 0.0219. The summed E-state index contributed by atoms with van der Waals surface area (Å²) in [5, 5.41) is 8.27. The number of amides is 1. The standard InChI is InChI=1S/C25H27N7O2/c1-19-5-7-20(8-6-19)24-28-23(34-29-24)4-2-12-30-14-16-31(17-15-30)25(33)21-9-10-22(26-18-21)32-13-3-11-27-32/h3,5-11,13,18H,2,4,12,14-17H2,1H3. The van der Waals surface area contributed by atoms with Crippen LogP contribution in [-0.2, 0) is 6.42 Å². The molecule has 1 amide bonds.